The summed E-state index contributed by atoms with van der Waals surface area (Å²) < 4.78 is 3.02. The summed E-state index contributed by atoms with van der Waals surface area (Å²) in [6, 6.07) is 20.1. The van der Waals surface area contributed by atoms with Gasteiger partial charge in [0.1, 0.15) is 12.1 Å². The average Bonchev–Trinajstić information content (AvgIpc) is 3.45. The number of hydrogen-bond acceptors (Lipinski definition) is 3. The molecule has 2 unspecified atom stereocenters. The number of hydrogen-bond donors (Lipinski definition) is 1. The highest BCUT2D eigenvalue weighted by Gasteiger charge is 2.43. The van der Waals surface area contributed by atoms with Crippen molar-refractivity contribution in [2.24, 2.45) is 5.92 Å². The van der Waals surface area contributed by atoms with Gasteiger partial charge in [0.25, 0.3) is 0 Å². The van der Waals surface area contributed by atoms with E-state index in [4.69, 9.17) is 0 Å². The first-order chi connectivity index (χ1) is 14.2. The second kappa shape index (κ2) is 7.44. The first kappa shape index (κ1) is 18.1. The van der Waals surface area contributed by atoms with Gasteiger partial charge in [-0.05, 0) is 53.8 Å². The van der Waals surface area contributed by atoms with Gasteiger partial charge in [-0.1, -0.05) is 46.3 Å². The number of halogens is 1. The van der Waals surface area contributed by atoms with E-state index >= 15 is 0 Å². The maximum absolute atomic E-state index is 12.5. The highest BCUT2D eigenvalue weighted by Crippen LogP contribution is 2.47. The molecule has 0 radical (unpaired) electrons. The van der Waals surface area contributed by atoms with E-state index in [-0.39, 0.29) is 11.8 Å². The highest BCUT2D eigenvalue weighted by molar-refractivity contribution is 9.10. The zero-order valence-electron chi connectivity index (χ0n) is 15.6. The molecule has 2 heterocycles. The Morgan fingerprint density at radius 3 is 2.83 bits per heavy atom. The summed E-state index contributed by atoms with van der Waals surface area (Å²) >= 11 is 3.50. The van der Waals surface area contributed by atoms with E-state index in [1.165, 1.54) is 5.56 Å². The zero-order valence-corrected chi connectivity index (χ0v) is 17.2. The van der Waals surface area contributed by atoms with Crippen LogP contribution in [0.1, 0.15) is 23.5 Å². The molecule has 0 spiro atoms. The second-order valence-electron chi connectivity index (χ2n) is 7.35. The lowest BCUT2D eigenvalue weighted by atomic mass is 10.1. The van der Waals surface area contributed by atoms with E-state index in [9.17, 15) is 4.79 Å². The van der Waals surface area contributed by atoms with Gasteiger partial charge in [-0.15, -0.1) is 0 Å². The first-order valence-electron chi connectivity index (χ1n) is 9.59. The fourth-order valence-electron chi connectivity index (χ4n) is 3.72. The van der Waals surface area contributed by atoms with E-state index < -0.39 is 0 Å². The Balaban J connectivity index is 1.21. The lowest BCUT2D eigenvalue weighted by molar-refractivity contribution is -0.122. The lowest BCUT2D eigenvalue weighted by Crippen LogP contribution is -2.25. The Labute approximate surface area is 176 Å². The van der Waals surface area contributed by atoms with E-state index in [1.54, 1.807) is 6.33 Å². The van der Waals surface area contributed by atoms with Crippen molar-refractivity contribution in [3.8, 4) is 5.82 Å². The van der Waals surface area contributed by atoms with E-state index in [2.05, 4.69) is 43.3 Å². The van der Waals surface area contributed by atoms with Gasteiger partial charge in [0.15, 0.2) is 0 Å². The zero-order chi connectivity index (χ0) is 19.8. The summed E-state index contributed by atoms with van der Waals surface area (Å²) in [5.74, 6) is 1.31. The summed E-state index contributed by atoms with van der Waals surface area (Å²) in [5.41, 5.74) is 4.16. The Morgan fingerprint density at radius 2 is 2.00 bits per heavy atom. The summed E-state index contributed by atoms with van der Waals surface area (Å²) in [5, 5.41) is 3.05. The first-order valence-corrected chi connectivity index (χ1v) is 10.4. The van der Waals surface area contributed by atoms with Crippen LogP contribution >= 0.6 is 15.9 Å². The number of carbonyl (C=O) groups is 1. The topological polar surface area (TPSA) is 59.8 Å². The van der Waals surface area contributed by atoms with Crippen molar-refractivity contribution in [3.05, 3.63) is 88.8 Å². The molecule has 2 aromatic carbocycles. The van der Waals surface area contributed by atoms with Gasteiger partial charge in [0.2, 0.25) is 5.91 Å². The van der Waals surface area contributed by atoms with Gasteiger partial charge in [-0.3, -0.25) is 9.36 Å². The molecule has 1 aliphatic carbocycles. The van der Waals surface area contributed by atoms with Crippen LogP contribution in [0.2, 0.25) is 0 Å². The minimum absolute atomic E-state index is 0.0637. The number of aromatic nitrogens is 3. The number of pyridine rings is 1. The SMILES string of the molecule is O=C(NCc1ccc(-n2cnc3ccccc32)nc1)C1CC1c1cccc(Br)c1. The number of imidazole rings is 1. The third-order valence-corrected chi connectivity index (χ3v) is 5.87. The van der Waals surface area contributed by atoms with Gasteiger partial charge < -0.3 is 5.32 Å². The highest BCUT2D eigenvalue weighted by atomic mass is 79.9. The van der Waals surface area contributed by atoms with Gasteiger partial charge >= 0.3 is 0 Å². The second-order valence-corrected chi connectivity index (χ2v) is 8.27. The molecule has 5 rings (SSSR count). The van der Waals surface area contributed by atoms with E-state index in [1.807, 2.05) is 59.3 Å². The van der Waals surface area contributed by atoms with Crippen molar-refractivity contribution in [1.29, 1.82) is 0 Å². The Hall–Kier alpha value is -2.99. The molecule has 1 saturated carbocycles. The average molecular weight is 447 g/mol. The maximum Gasteiger partial charge on any atom is 0.224 e. The molecule has 0 saturated heterocycles. The van der Waals surface area contributed by atoms with Gasteiger partial charge in [-0.25, -0.2) is 9.97 Å². The van der Waals surface area contributed by atoms with E-state index in [0.29, 0.717) is 12.5 Å². The molecule has 144 valence electrons. The van der Waals surface area contributed by atoms with Crippen molar-refractivity contribution >= 4 is 32.9 Å². The summed E-state index contributed by atoms with van der Waals surface area (Å²) in [6.07, 6.45) is 4.50. The summed E-state index contributed by atoms with van der Waals surface area (Å²) in [4.78, 5) is 21.4. The fourth-order valence-corrected chi connectivity index (χ4v) is 4.13. The van der Waals surface area contributed by atoms with Crippen LogP contribution in [0.4, 0.5) is 0 Å². The quantitative estimate of drug-likeness (QED) is 0.487. The van der Waals surface area contributed by atoms with Crippen molar-refractivity contribution < 1.29 is 4.79 Å². The molecule has 1 amide bonds. The summed E-state index contributed by atoms with van der Waals surface area (Å²) in [7, 11) is 0. The van der Waals surface area contributed by atoms with Crippen LogP contribution in [-0.4, -0.2) is 20.4 Å². The van der Waals surface area contributed by atoms with Crippen molar-refractivity contribution in [2.75, 3.05) is 0 Å². The number of amides is 1. The predicted molar refractivity (Wildman–Crippen MR) is 116 cm³/mol. The van der Waals surface area contributed by atoms with Crippen LogP contribution in [0.25, 0.3) is 16.9 Å². The Kier molecular flexibility index (Phi) is 4.64. The molecule has 1 fully saturated rings. The Bertz CT molecular complexity index is 1180. The maximum atomic E-state index is 12.5. The van der Waals surface area contributed by atoms with Crippen molar-refractivity contribution in [2.45, 2.75) is 18.9 Å². The third kappa shape index (κ3) is 3.68. The predicted octanol–water partition coefficient (Wildman–Crippen LogP) is 4.60. The van der Waals surface area contributed by atoms with Crippen LogP contribution in [0.5, 0.6) is 0 Å². The molecule has 2 atom stereocenters. The van der Waals surface area contributed by atoms with Crippen LogP contribution in [-0.2, 0) is 11.3 Å². The third-order valence-electron chi connectivity index (χ3n) is 5.38. The molecule has 5 nitrogen and oxygen atoms in total. The molecular weight excluding hydrogens is 428 g/mol. The fraction of sp³-hybridized carbons (Fsp3) is 0.174. The minimum Gasteiger partial charge on any atom is -0.352 e. The van der Waals surface area contributed by atoms with Gasteiger partial charge in [-0.2, -0.15) is 0 Å². The van der Waals surface area contributed by atoms with Crippen molar-refractivity contribution in [1.82, 2.24) is 19.9 Å². The molecule has 29 heavy (non-hydrogen) atoms. The lowest BCUT2D eigenvalue weighted by Gasteiger charge is -2.07. The molecule has 0 aliphatic heterocycles. The molecule has 4 aromatic rings. The minimum atomic E-state index is 0.0637. The number of benzene rings is 2. The van der Waals surface area contributed by atoms with E-state index in [0.717, 1.165) is 33.3 Å². The number of para-hydroxylation sites is 2. The monoisotopic (exact) mass is 446 g/mol. The number of carbonyl (C=O) groups excluding carboxylic acids is 1. The number of fused-ring (bicyclic) bond motifs is 1. The molecule has 6 heteroatoms. The largest absolute Gasteiger partial charge is 0.352 e. The molecule has 2 aromatic heterocycles. The van der Waals surface area contributed by atoms with Gasteiger partial charge in [0.05, 0.1) is 11.0 Å². The standard InChI is InChI=1S/C23H19BrN4O/c24-17-5-3-4-16(10-17)18-11-19(18)23(29)26-13-15-8-9-22(25-12-15)28-14-27-20-6-1-2-7-21(20)28/h1-10,12,14,18-19H,11,13H2,(H,26,29). The van der Waals surface area contributed by atoms with Crippen molar-refractivity contribution in [3.63, 3.8) is 0 Å². The molecule has 0 bridgehead atoms. The summed E-state index contributed by atoms with van der Waals surface area (Å²) in [6.45, 7) is 0.485. The van der Waals surface area contributed by atoms with Gasteiger partial charge in [0, 0.05) is 23.1 Å². The number of rotatable bonds is 5. The smallest absolute Gasteiger partial charge is 0.224 e. The van der Waals surface area contributed by atoms with Crippen LogP contribution in [0, 0.1) is 5.92 Å². The number of nitrogens with one attached hydrogen (secondary N) is 1. The van der Waals surface area contributed by atoms with Crippen LogP contribution in [0.3, 0.4) is 0 Å². The molecule has 1 N–H and O–H groups in total. The molecular formula is C23H19BrN4O. The van der Waals surface area contributed by atoms with Crippen LogP contribution in [0.15, 0.2) is 77.7 Å². The molecule has 1 aliphatic rings. The number of nitrogens with zero attached hydrogens (tertiary/aromatic N) is 3. The van der Waals surface area contributed by atoms with Crippen LogP contribution < -0.4 is 5.32 Å². The normalized spacial score (nSPS) is 18.0. The Morgan fingerprint density at radius 1 is 1.10 bits per heavy atom.